The van der Waals surface area contributed by atoms with Gasteiger partial charge >= 0.3 is 0 Å². The van der Waals surface area contributed by atoms with E-state index in [4.69, 9.17) is 0 Å². The largest absolute Gasteiger partial charge is 0.351 e. The number of carbonyl (C=O) groups excluding carboxylic acids is 2. The van der Waals surface area contributed by atoms with Crippen LogP contribution in [0.25, 0.3) is 10.9 Å². The summed E-state index contributed by atoms with van der Waals surface area (Å²) >= 11 is 0. The Kier molecular flexibility index (Phi) is 3.57. The van der Waals surface area contributed by atoms with Crippen LogP contribution in [0.2, 0.25) is 0 Å². The van der Waals surface area contributed by atoms with Crippen molar-refractivity contribution < 1.29 is 9.59 Å². The third kappa shape index (κ3) is 2.48. The predicted molar refractivity (Wildman–Crippen MR) is 70.5 cm³/mol. The number of benzene rings is 1. The van der Waals surface area contributed by atoms with Gasteiger partial charge in [0.2, 0.25) is 5.91 Å². The molecule has 92 valence electrons. The lowest BCUT2D eigenvalue weighted by Gasteiger charge is -2.05. The van der Waals surface area contributed by atoms with Crippen molar-refractivity contribution in [3.63, 3.8) is 0 Å². The van der Waals surface area contributed by atoms with E-state index >= 15 is 0 Å². The second-order valence-corrected chi connectivity index (χ2v) is 3.97. The number of amides is 1. The van der Waals surface area contributed by atoms with E-state index in [-0.39, 0.29) is 12.5 Å². The molecule has 1 amide bonds. The fourth-order valence-corrected chi connectivity index (χ4v) is 1.83. The molecular weight excluding hydrogens is 228 g/mol. The Labute approximate surface area is 105 Å². The molecule has 0 saturated heterocycles. The van der Waals surface area contributed by atoms with E-state index in [1.54, 1.807) is 18.2 Å². The Hall–Kier alpha value is -2.36. The standard InChI is InChI=1S/C14H14N2O2/c1-2-6-15-14(18)9-16-7-5-12-8-11(10-17)3-4-13(12)16/h2-5,7-8,10H,1,6,9H2,(H,15,18). The molecular formula is C14H14N2O2. The van der Waals surface area contributed by atoms with E-state index in [9.17, 15) is 9.59 Å². The van der Waals surface area contributed by atoms with Crippen LogP contribution in [0.15, 0.2) is 43.1 Å². The molecule has 0 saturated carbocycles. The number of fused-ring (bicyclic) bond motifs is 1. The zero-order valence-corrected chi connectivity index (χ0v) is 9.93. The molecule has 0 radical (unpaired) electrons. The average molecular weight is 242 g/mol. The number of hydrogen-bond donors (Lipinski definition) is 1. The molecule has 0 aliphatic carbocycles. The van der Waals surface area contributed by atoms with Crippen molar-refractivity contribution in [1.82, 2.24) is 9.88 Å². The summed E-state index contributed by atoms with van der Waals surface area (Å²) in [6, 6.07) is 7.29. The van der Waals surface area contributed by atoms with Crippen LogP contribution in [0.4, 0.5) is 0 Å². The van der Waals surface area contributed by atoms with Crippen molar-refractivity contribution >= 4 is 23.1 Å². The summed E-state index contributed by atoms with van der Waals surface area (Å²) < 4.78 is 1.85. The number of aldehydes is 1. The zero-order chi connectivity index (χ0) is 13.0. The summed E-state index contributed by atoms with van der Waals surface area (Å²) in [5, 5.41) is 3.68. The van der Waals surface area contributed by atoms with Gasteiger partial charge in [0.15, 0.2) is 0 Å². The van der Waals surface area contributed by atoms with Crippen LogP contribution >= 0.6 is 0 Å². The topological polar surface area (TPSA) is 51.1 Å². The number of carbonyl (C=O) groups is 2. The quantitative estimate of drug-likeness (QED) is 0.641. The van der Waals surface area contributed by atoms with Crippen molar-refractivity contribution in [2.75, 3.05) is 6.54 Å². The van der Waals surface area contributed by atoms with Crippen LogP contribution in [-0.4, -0.2) is 23.3 Å². The molecule has 1 heterocycles. The summed E-state index contributed by atoms with van der Waals surface area (Å²) in [6.07, 6.45) is 4.29. The van der Waals surface area contributed by atoms with Crippen LogP contribution in [0.3, 0.4) is 0 Å². The molecule has 1 N–H and O–H groups in total. The summed E-state index contributed by atoms with van der Waals surface area (Å²) in [5.74, 6) is -0.0631. The Balaban J connectivity index is 2.21. The second-order valence-electron chi connectivity index (χ2n) is 3.97. The molecule has 0 unspecified atom stereocenters. The first-order chi connectivity index (χ1) is 8.74. The second kappa shape index (κ2) is 5.31. The highest BCUT2D eigenvalue weighted by molar-refractivity contribution is 5.88. The Morgan fingerprint density at radius 3 is 2.94 bits per heavy atom. The molecule has 1 aromatic heterocycles. The Morgan fingerprint density at radius 1 is 1.39 bits per heavy atom. The van der Waals surface area contributed by atoms with E-state index in [0.717, 1.165) is 17.2 Å². The van der Waals surface area contributed by atoms with Gasteiger partial charge in [-0.25, -0.2) is 0 Å². The lowest BCUT2D eigenvalue weighted by atomic mass is 10.2. The molecule has 2 rings (SSSR count). The van der Waals surface area contributed by atoms with Gasteiger partial charge in [-0.1, -0.05) is 6.08 Å². The van der Waals surface area contributed by atoms with Crippen LogP contribution in [0, 0.1) is 0 Å². The third-order valence-electron chi connectivity index (χ3n) is 2.69. The minimum atomic E-state index is -0.0631. The van der Waals surface area contributed by atoms with Gasteiger partial charge in [-0.2, -0.15) is 0 Å². The average Bonchev–Trinajstić information content (AvgIpc) is 2.78. The molecule has 0 atom stereocenters. The molecule has 0 fully saturated rings. The highest BCUT2D eigenvalue weighted by Crippen LogP contribution is 2.16. The van der Waals surface area contributed by atoms with Crippen LogP contribution in [-0.2, 0) is 11.3 Å². The fraction of sp³-hybridized carbons (Fsp3) is 0.143. The van der Waals surface area contributed by atoms with E-state index < -0.39 is 0 Å². The monoisotopic (exact) mass is 242 g/mol. The Bertz CT molecular complexity index is 599. The molecule has 0 bridgehead atoms. The summed E-state index contributed by atoms with van der Waals surface area (Å²) in [5.41, 5.74) is 1.57. The summed E-state index contributed by atoms with van der Waals surface area (Å²) in [6.45, 7) is 4.27. The first-order valence-corrected chi connectivity index (χ1v) is 5.66. The number of rotatable bonds is 5. The minimum Gasteiger partial charge on any atom is -0.351 e. The maximum atomic E-state index is 11.6. The van der Waals surface area contributed by atoms with Gasteiger partial charge in [0, 0.05) is 29.2 Å². The predicted octanol–water partition coefficient (Wildman–Crippen LogP) is 1.76. The molecule has 1 aromatic carbocycles. The summed E-state index contributed by atoms with van der Waals surface area (Å²) in [7, 11) is 0. The van der Waals surface area contributed by atoms with Crippen molar-refractivity contribution in [2.45, 2.75) is 6.54 Å². The molecule has 4 nitrogen and oxygen atoms in total. The first-order valence-electron chi connectivity index (χ1n) is 5.66. The maximum Gasteiger partial charge on any atom is 0.240 e. The van der Waals surface area contributed by atoms with Crippen LogP contribution in [0.1, 0.15) is 10.4 Å². The normalized spacial score (nSPS) is 10.2. The first kappa shape index (κ1) is 12.1. The summed E-state index contributed by atoms with van der Waals surface area (Å²) in [4.78, 5) is 22.3. The fourth-order valence-electron chi connectivity index (χ4n) is 1.83. The van der Waals surface area contributed by atoms with E-state index in [1.165, 1.54) is 0 Å². The van der Waals surface area contributed by atoms with Crippen LogP contribution < -0.4 is 5.32 Å². The zero-order valence-electron chi connectivity index (χ0n) is 9.93. The third-order valence-corrected chi connectivity index (χ3v) is 2.69. The van der Waals surface area contributed by atoms with E-state index in [1.807, 2.05) is 22.9 Å². The molecule has 0 spiro atoms. The lowest BCUT2D eigenvalue weighted by molar-refractivity contribution is -0.121. The van der Waals surface area contributed by atoms with Gasteiger partial charge in [-0.3, -0.25) is 9.59 Å². The van der Waals surface area contributed by atoms with Crippen molar-refractivity contribution in [1.29, 1.82) is 0 Å². The SMILES string of the molecule is C=CCNC(=O)Cn1ccc2cc(C=O)ccc21. The highest BCUT2D eigenvalue weighted by Gasteiger charge is 2.05. The van der Waals surface area contributed by atoms with Crippen molar-refractivity contribution in [3.8, 4) is 0 Å². The van der Waals surface area contributed by atoms with Gasteiger partial charge in [0.25, 0.3) is 0 Å². The smallest absolute Gasteiger partial charge is 0.240 e. The van der Waals surface area contributed by atoms with Gasteiger partial charge < -0.3 is 9.88 Å². The Morgan fingerprint density at radius 2 is 2.22 bits per heavy atom. The molecule has 4 heteroatoms. The van der Waals surface area contributed by atoms with E-state index in [2.05, 4.69) is 11.9 Å². The highest BCUT2D eigenvalue weighted by atomic mass is 16.1. The van der Waals surface area contributed by atoms with E-state index in [0.29, 0.717) is 12.1 Å². The molecule has 2 aromatic rings. The maximum absolute atomic E-state index is 11.6. The van der Waals surface area contributed by atoms with Gasteiger partial charge in [0.1, 0.15) is 12.8 Å². The minimum absolute atomic E-state index is 0.0631. The number of aromatic nitrogens is 1. The number of nitrogens with zero attached hydrogens (tertiary/aromatic N) is 1. The number of hydrogen-bond acceptors (Lipinski definition) is 2. The van der Waals surface area contributed by atoms with Gasteiger partial charge in [-0.05, 0) is 24.3 Å². The van der Waals surface area contributed by atoms with Crippen molar-refractivity contribution in [3.05, 3.63) is 48.7 Å². The van der Waals surface area contributed by atoms with Gasteiger partial charge in [-0.15, -0.1) is 6.58 Å². The molecule has 0 aliphatic heterocycles. The number of nitrogens with one attached hydrogen (secondary N) is 1. The van der Waals surface area contributed by atoms with Crippen molar-refractivity contribution in [2.24, 2.45) is 0 Å². The molecule has 0 aliphatic rings. The lowest BCUT2D eigenvalue weighted by Crippen LogP contribution is -2.27. The van der Waals surface area contributed by atoms with Crippen LogP contribution in [0.5, 0.6) is 0 Å². The molecule has 18 heavy (non-hydrogen) atoms. The van der Waals surface area contributed by atoms with Gasteiger partial charge in [0.05, 0.1) is 0 Å².